The van der Waals surface area contributed by atoms with Crippen molar-refractivity contribution in [2.24, 2.45) is 0 Å². The number of rotatable bonds is 11. The van der Waals surface area contributed by atoms with Crippen molar-refractivity contribution in [1.82, 2.24) is 10.2 Å². The summed E-state index contributed by atoms with van der Waals surface area (Å²) < 4.78 is 5.92. The Balaban J connectivity index is 1.71. The second-order valence-corrected chi connectivity index (χ2v) is 8.65. The molecule has 1 amide bonds. The fourth-order valence-electron chi connectivity index (χ4n) is 3.85. The van der Waals surface area contributed by atoms with E-state index in [0.717, 1.165) is 12.2 Å². The molecule has 0 aromatic heterocycles. The van der Waals surface area contributed by atoms with E-state index in [4.69, 9.17) is 4.74 Å². The number of hydrogen-bond acceptors (Lipinski definition) is 3. The molecule has 3 rings (SSSR count). The summed E-state index contributed by atoms with van der Waals surface area (Å²) in [6, 6.07) is 27.7. The van der Waals surface area contributed by atoms with Gasteiger partial charge in [-0.3, -0.25) is 4.79 Å². The first kappa shape index (κ1) is 26.0. The molecular formula is C31H36N2O2. The van der Waals surface area contributed by atoms with E-state index in [0.29, 0.717) is 19.7 Å². The molecule has 0 fully saturated rings. The molecule has 0 aliphatic heterocycles. The number of benzene rings is 3. The fraction of sp³-hybridized carbons (Fsp3) is 0.258. The van der Waals surface area contributed by atoms with Crippen molar-refractivity contribution in [3.05, 3.63) is 113 Å². The lowest BCUT2D eigenvalue weighted by Gasteiger charge is -2.17. The Hall–Kier alpha value is -3.63. The van der Waals surface area contributed by atoms with E-state index in [1.54, 1.807) is 25.1 Å². The Morgan fingerprint density at radius 1 is 0.886 bits per heavy atom. The molecule has 0 atom stereocenters. The van der Waals surface area contributed by atoms with Crippen LogP contribution in [0.4, 0.5) is 0 Å². The van der Waals surface area contributed by atoms with Gasteiger partial charge in [0.2, 0.25) is 5.91 Å². The minimum Gasteiger partial charge on any atom is -0.492 e. The van der Waals surface area contributed by atoms with Crippen molar-refractivity contribution >= 4 is 17.1 Å². The topological polar surface area (TPSA) is 41.6 Å². The molecule has 0 aliphatic carbocycles. The predicted molar refractivity (Wildman–Crippen MR) is 146 cm³/mol. The quantitative estimate of drug-likeness (QED) is 0.214. The van der Waals surface area contributed by atoms with Crippen molar-refractivity contribution in [2.75, 3.05) is 33.8 Å². The number of nitrogens with zero attached hydrogens (tertiary/aromatic N) is 1. The molecule has 0 saturated carbocycles. The summed E-state index contributed by atoms with van der Waals surface area (Å²) in [7, 11) is 3.48. The maximum atomic E-state index is 11.5. The van der Waals surface area contributed by atoms with E-state index in [9.17, 15) is 4.79 Å². The largest absolute Gasteiger partial charge is 0.492 e. The van der Waals surface area contributed by atoms with E-state index >= 15 is 0 Å². The molecule has 35 heavy (non-hydrogen) atoms. The third-order valence-corrected chi connectivity index (χ3v) is 5.77. The summed E-state index contributed by atoms with van der Waals surface area (Å²) in [6.07, 6.45) is 4.34. The molecule has 0 saturated heterocycles. The molecule has 4 heteroatoms. The number of nitrogens with one attached hydrogen (secondary N) is 1. The number of carbonyl (C=O) groups is 1. The van der Waals surface area contributed by atoms with Crippen LogP contribution in [0, 0.1) is 6.92 Å². The number of ether oxygens (including phenoxy) is 1. The van der Waals surface area contributed by atoms with Crippen LogP contribution in [0.3, 0.4) is 0 Å². The van der Waals surface area contributed by atoms with Crippen LogP contribution in [0.15, 0.2) is 91.0 Å². The third-order valence-electron chi connectivity index (χ3n) is 5.77. The highest BCUT2D eigenvalue weighted by Gasteiger charge is 2.13. The fourth-order valence-corrected chi connectivity index (χ4v) is 3.85. The zero-order chi connectivity index (χ0) is 25.0. The van der Waals surface area contributed by atoms with Gasteiger partial charge in [0, 0.05) is 33.3 Å². The molecular weight excluding hydrogens is 432 g/mol. The molecule has 0 bridgehead atoms. The number of hydrogen-bond donors (Lipinski definition) is 1. The lowest BCUT2D eigenvalue weighted by atomic mass is 9.88. The van der Waals surface area contributed by atoms with Gasteiger partial charge < -0.3 is 15.0 Å². The standard InChI is InChI=1S/C31H36N2O2/c1-5-29(25-10-7-6-8-11-25)31(26-15-13-24(2)14-16-26)27-17-19-28(20-18-27)35-23-22-32-21-9-12-30(34)33(3)4/h6-20,32H,5,21-23H2,1-4H3/b12-9+,31-29-. The first-order valence-corrected chi connectivity index (χ1v) is 12.2. The minimum absolute atomic E-state index is 0.0132. The smallest absolute Gasteiger partial charge is 0.245 e. The summed E-state index contributed by atoms with van der Waals surface area (Å²) in [5.74, 6) is 0.829. The van der Waals surface area contributed by atoms with Crippen LogP contribution in [-0.4, -0.2) is 44.6 Å². The summed E-state index contributed by atoms with van der Waals surface area (Å²) >= 11 is 0. The zero-order valence-electron chi connectivity index (χ0n) is 21.3. The van der Waals surface area contributed by atoms with E-state index in [-0.39, 0.29) is 5.91 Å². The van der Waals surface area contributed by atoms with Gasteiger partial charge in [-0.2, -0.15) is 0 Å². The van der Waals surface area contributed by atoms with Crippen LogP contribution in [-0.2, 0) is 4.79 Å². The van der Waals surface area contributed by atoms with E-state index in [2.05, 4.69) is 85.9 Å². The summed E-state index contributed by atoms with van der Waals surface area (Å²) in [4.78, 5) is 13.1. The summed E-state index contributed by atoms with van der Waals surface area (Å²) in [5, 5.41) is 3.26. The molecule has 4 nitrogen and oxygen atoms in total. The summed E-state index contributed by atoms with van der Waals surface area (Å²) in [6.45, 7) is 6.22. The van der Waals surface area contributed by atoms with E-state index < -0.39 is 0 Å². The minimum atomic E-state index is -0.0132. The van der Waals surface area contributed by atoms with Crippen molar-refractivity contribution in [2.45, 2.75) is 20.3 Å². The monoisotopic (exact) mass is 468 g/mol. The average molecular weight is 469 g/mol. The molecule has 0 unspecified atom stereocenters. The van der Waals surface area contributed by atoms with Gasteiger partial charge >= 0.3 is 0 Å². The SMILES string of the molecule is CC/C(=C(\c1ccc(C)cc1)c1ccc(OCCNC/C=C/C(=O)N(C)C)cc1)c1ccccc1. The van der Waals surface area contributed by atoms with Gasteiger partial charge in [-0.15, -0.1) is 0 Å². The van der Waals surface area contributed by atoms with Crippen LogP contribution >= 0.6 is 0 Å². The van der Waals surface area contributed by atoms with Gasteiger partial charge in [-0.05, 0) is 53.3 Å². The average Bonchev–Trinajstić information content (AvgIpc) is 2.88. The molecule has 0 radical (unpaired) electrons. The number of aryl methyl sites for hydroxylation is 1. The molecule has 182 valence electrons. The second-order valence-electron chi connectivity index (χ2n) is 8.65. The predicted octanol–water partition coefficient (Wildman–Crippen LogP) is 5.98. The zero-order valence-corrected chi connectivity index (χ0v) is 21.3. The Kier molecular flexibility index (Phi) is 9.88. The molecule has 0 aliphatic rings. The van der Waals surface area contributed by atoms with Gasteiger partial charge in [-0.1, -0.05) is 85.3 Å². The highest BCUT2D eigenvalue weighted by atomic mass is 16.5. The third kappa shape index (κ3) is 7.69. The van der Waals surface area contributed by atoms with E-state index in [1.807, 2.05) is 18.2 Å². The maximum Gasteiger partial charge on any atom is 0.245 e. The van der Waals surface area contributed by atoms with Crippen LogP contribution in [0.2, 0.25) is 0 Å². The van der Waals surface area contributed by atoms with Crippen molar-refractivity contribution in [3.63, 3.8) is 0 Å². The van der Waals surface area contributed by atoms with E-state index in [1.165, 1.54) is 33.4 Å². The normalized spacial score (nSPS) is 11.9. The maximum absolute atomic E-state index is 11.5. The molecule has 3 aromatic carbocycles. The molecule has 0 spiro atoms. The lowest BCUT2D eigenvalue weighted by Crippen LogP contribution is -2.22. The Bertz CT molecular complexity index is 1130. The first-order valence-electron chi connectivity index (χ1n) is 12.2. The van der Waals surface area contributed by atoms with Gasteiger partial charge in [0.25, 0.3) is 0 Å². The van der Waals surface area contributed by atoms with Gasteiger partial charge in [0.15, 0.2) is 0 Å². The number of allylic oxidation sites excluding steroid dienone is 1. The Labute approximate surface area is 209 Å². The van der Waals surface area contributed by atoms with Crippen LogP contribution in [0.1, 0.15) is 35.6 Å². The summed E-state index contributed by atoms with van der Waals surface area (Å²) in [5.41, 5.74) is 7.48. The number of amides is 1. The Morgan fingerprint density at radius 2 is 1.51 bits per heavy atom. The lowest BCUT2D eigenvalue weighted by molar-refractivity contribution is -0.123. The van der Waals surface area contributed by atoms with Gasteiger partial charge in [0.1, 0.15) is 12.4 Å². The number of carbonyl (C=O) groups excluding carboxylic acids is 1. The van der Waals surface area contributed by atoms with Crippen molar-refractivity contribution in [1.29, 1.82) is 0 Å². The molecule has 3 aromatic rings. The van der Waals surface area contributed by atoms with Crippen LogP contribution in [0.25, 0.3) is 11.1 Å². The van der Waals surface area contributed by atoms with Gasteiger partial charge in [0.05, 0.1) is 0 Å². The highest BCUT2D eigenvalue weighted by Crippen LogP contribution is 2.35. The Morgan fingerprint density at radius 3 is 2.11 bits per heavy atom. The van der Waals surface area contributed by atoms with Crippen LogP contribution in [0.5, 0.6) is 5.75 Å². The van der Waals surface area contributed by atoms with Crippen LogP contribution < -0.4 is 10.1 Å². The second kappa shape index (κ2) is 13.3. The molecule has 0 heterocycles. The van der Waals surface area contributed by atoms with Crippen molar-refractivity contribution in [3.8, 4) is 5.75 Å². The van der Waals surface area contributed by atoms with Gasteiger partial charge in [-0.25, -0.2) is 0 Å². The number of likely N-dealkylation sites (N-methyl/N-ethyl adjacent to an activating group) is 1. The first-order chi connectivity index (χ1) is 17.0. The highest BCUT2D eigenvalue weighted by molar-refractivity contribution is 5.98. The van der Waals surface area contributed by atoms with Crippen molar-refractivity contribution < 1.29 is 9.53 Å². The molecule has 1 N–H and O–H groups in total.